The number of pyridine rings is 1. The average Bonchev–Trinajstić information content (AvgIpc) is 2.99. The van der Waals surface area contributed by atoms with Gasteiger partial charge in [-0.2, -0.15) is 4.31 Å². The molecule has 2 aromatic carbocycles. The first-order valence-corrected chi connectivity index (χ1v) is 16.6. The Morgan fingerprint density at radius 2 is 1.74 bits per heavy atom. The van der Waals surface area contributed by atoms with Crippen molar-refractivity contribution < 1.29 is 23.4 Å². The van der Waals surface area contributed by atoms with Crippen molar-refractivity contribution in [2.45, 2.75) is 62.7 Å². The molecule has 234 valence electrons. The molecule has 6 N–H and O–H groups in total. The molecule has 0 aliphatic rings. The number of rotatable bonds is 17. The van der Waals surface area contributed by atoms with Crippen LogP contribution in [0.3, 0.4) is 0 Å². The molecule has 3 atom stereocenters. The van der Waals surface area contributed by atoms with E-state index < -0.39 is 28.3 Å². The summed E-state index contributed by atoms with van der Waals surface area (Å²) in [7, 11) is -3.85. The molecule has 1 unspecified atom stereocenters. The zero-order valence-electron chi connectivity index (χ0n) is 24.6. The Balaban J connectivity index is 1.61. The van der Waals surface area contributed by atoms with Gasteiger partial charge in [0.25, 0.3) is 0 Å². The van der Waals surface area contributed by atoms with Gasteiger partial charge in [0.2, 0.25) is 15.9 Å². The number of nitrogens with zero attached hydrogens (tertiary/aromatic N) is 2. The molecule has 0 saturated carbocycles. The highest BCUT2D eigenvalue weighted by Crippen LogP contribution is 2.23. The van der Waals surface area contributed by atoms with Gasteiger partial charge in [0, 0.05) is 35.5 Å². The number of nitrogen functional groups attached to an aromatic ring is 1. The minimum absolute atomic E-state index is 0.0485. The fourth-order valence-corrected chi connectivity index (χ4v) is 6.93. The quantitative estimate of drug-likeness (QED) is 0.0825. The molecule has 0 spiro atoms. The van der Waals surface area contributed by atoms with Gasteiger partial charge >= 0.3 is 0 Å². The Morgan fingerprint density at radius 1 is 1.05 bits per heavy atom. The summed E-state index contributed by atoms with van der Waals surface area (Å²) in [4.78, 5) is 17.6. The number of halogens is 1. The number of aromatic nitrogens is 1. The Labute approximate surface area is 262 Å². The smallest absolute Gasteiger partial charge is 0.243 e. The zero-order valence-corrected chi connectivity index (χ0v) is 27.0. The number of aliphatic hydroxyl groups excluding tert-OH is 2. The highest BCUT2D eigenvalue weighted by molar-refractivity contribution is 9.10. The van der Waals surface area contributed by atoms with E-state index in [4.69, 9.17) is 5.73 Å². The van der Waals surface area contributed by atoms with Gasteiger partial charge in [0.15, 0.2) is 0 Å². The van der Waals surface area contributed by atoms with E-state index >= 15 is 0 Å². The zero-order chi connectivity index (χ0) is 31.4. The molecule has 12 heteroatoms. The van der Waals surface area contributed by atoms with Gasteiger partial charge in [-0.25, -0.2) is 8.42 Å². The average molecular weight is 677 g/mol. The maximum atomic E-state index is 13.5. The van der Waals surface area contributed by atoms with Crippen LogP contribution in [-0.2, 0) is 21.2 Å². The van der Waals surface area contributed by atoms with Crippen LogP contribution in [0.4, 0.5) is 5.69 Å². The number of hydrogen-bond donors (Lipinski definition) is 5. The summed E-state index contributed by atoms with van der Waals surface area (Å²) in [5.74, 6) is -0.232. The number of carbonyl (C=O) groups excluding carboxylic acids is 1. The monoisotopic (exact) mass is 675 g/mol. The number of nitrogens with two attached hydrogens (primary N) is 1. The molecule has 0 aliphatic heterocycles. The van der Waals surface area contributed by atoms with Gasteiger partial charge in [-0.05, 0) is 73.2 Å². The van der Waals surface area contributed by atoms with Crippen LogP contribution in [0.2, 0.25) is 0 Å². The molecule has 1 heterocycles. The van der Waals surface area contributed by atoms with Crippen molar-refractivity contribution in [3.05, 3.63) is 88.7 Å². The van der Waals surface area contributed by atoms with Gasteiger partial charge in [-0.15, -0.1) is 0 Å². The SMILES string of the molecule is CC(C)CN([C@H](CO)CCCCNC(=O)[C@@H](Cc1ccccc1Br)NC(O)c1ccccn1)S(=O)(=O)c1ccc(N)cc1. The second kappa shape index (κ2) is 16.8. The third-order valence-electron chi connectivity index (χ3n) is 6.94. The van der Waals surface area contributed by atoms with E-state index in [0.29, 0.717) is 43.6 Å². The second-order valence-corrected chi connectivity index (χ2v) is 13.6. The Kier molecular flexibility index (Phi) is 13.6. The summed E-state index contributed by atoms with van der Waals surface area (Å²) < 4.78 is 29.2. The first-order chi connectivity index (χ1) is 20.5. The van der Waals surface area contributed by atoms with E-state index in [1.54, 1.807) is 36.5 Å². The van der Waals surface area contributed by atoms with Crippen LogP contribution in [0.15, 0.2) is 82.3 Å². The van der Waals surface area contributed by atoms with Crippen molar-refractivity contribution in [1.82, 2.24) is 19.9 Å². The fourth-order valence-electron chi connectivity index (χ4n) is 4.67. The minimum Gasteiger partial charge on any atom is -0.399 e. The highest BCUT2D eigenvalue weighted by Gasteiger charge is 2.31. The lowest BCUT2D eigenvalue weighted by Gasteiger charge is -2.31. The molecule has 10 nitrogen and oxygen atoms in total. The van der Waals surface area contributed by atoms with Crippen molar-refractivity contribution in [1.29, 1.82) is 0 Å². The van der Waals surface area contributed by atoms with Gasteiger partial charge in [-0.1, -0.05) is 60.5 Å². The Hall–Kier alpha value is -2.87. The summed E-state index contributed by atoms with van der Waals surface area (Å²) in [6, 6.07) is 17.5. The summed E-state index contributed by atoms with van der Waals surface area (Å²) in [5, 5.41) is 26.8. The van der Waals surface area contributed by atoms with E-state index in [2.05, 4.69) is 31.5 Å². The van der Waals surface area contributed by atoms with Gasteiger partial charge in [0.1, 0.15) is 6.23 Å². The molecule has 3 rings (SSSR count). The van der Waals surface area contributed by atoms with Crippen LogP contribution in [0.5, 0.6) is 0 Å². The van der Waals surface area contributed by atoms with Gasteiger partial charge < -0.3 is 21.3 Å². The molecular formula is C31H42BrN5O5S. The number of amides is 1. The van der Waals surface area contributed by atoms with Crippen LogP contribution < -0.4 is 16.4 Å². The molecule has 43 heavy (non-hydrogen) atoms. The summed E-state index contributed by atoms with van der Waals surface area (Å²) in [6.07, 6.45) is 2.34. The van der Waals surface area contributed by atoms with Crippen molar-refractivity contribution in [3.8, 4) is 0 Å². The van der Waals surface area contributed by atoms with Crippen LogP contribution in [0.1, 0.15) is 50.6 Å². The maximum absolute atomic E-state index is 13.5. The third-order valence-corrected chi connectivity index (χ3v) is 9.64. The van der Waals surface area contributed by atoms with Crippen LogP contribution in [0.25, 0.3) is 0 Å². The van der Waals surface area contributed by atoms with Crippen LogP contribution in [-0.4, -0.2) is 65.6 Å². The summed E-state index contributed by atoms with van der Waals surface area (Å²) >= 11 is 3.53. The summed E-state index contributed by atoms with van der Waals surface area (Å²) in [6.45, 7) is 4.14. The predicted octanol–water partition coefficient (Wildman–Crippen LogP) is 3.61. The van der Waals surface area contributed by atoms with Gasteiger partial charge in [0.05, 0.1) is 23.2 Å². The highest BCUT2D eigenvalue weighted by atomic mass is 79.9. The number of unbranched alkanes of at least 4 members (excludes halogenated alkanes) is 1. The lowest BCUT2D eigenvalue weighted by Crippen LogP contribution is -2.47. The lowest BCUT2D eigenvalue weighted by molar-refractivity contribution is -0.124. The van der Waals surface area contributed by atoms with Crippen molar-refractivity contribution in [2.75, 3.05) is 25.4 Å². The largest absolute Gasteiger partial charge is 0.399 e. The second-order valence-electron chi connectivity index (χ2n) is 10.8. The third kappa shape index (κ3) is 10.4. The normalized spacial score (nSPS) is 14.0. The molecular weight excluding hydrogens is 634 g/mol. The topological polar surface area (TPSA) is 158 Å². The molecule has 3 aromatic rings. The number of sulfonamides is 1. The predicted molar refractivity (Wildman–Crippen MR) is 171 cm³/mol. The number of nitrogens with one attached hydrogen (secondary N) is 2. The number of anilines is 1. The molecule has 0 fully saturated rings. The lowest BCUT2D eigenvalue weighted by atomic mass is 10.0. The molecule has 0 bridgehead atoms. The van der Waals surface area contributed by atoms with E-state index in [-0.39, 0.29) is 29.9 Å². The Bertz CT molecular complexity index is 1390. The standard InChI is InChI=1S/C31H42BrN5O5S/c1-22(2)20-37(43(41,42)26-15-13-24(33)14-16-26)25(21-38)10-5-7-18-35-30(39)29(19-23-9-3-4-11-27(23)32)36-31(40)28-12-6-8-17-34-28/h3-4,6,8-9,11-17,22,25,29,31,36,38,40H,5,7,10,18-21,33H2,1-2H3,(H,35,39)/t25-,29+,31?/m0/s1. The first-order valence-electron chi connectivity index (χ1n) is 14.4. The van der Waals surface area contributed by atoms with E-state index in [0.717, 1.165) is 10.0 Å². The van der Waals surface area contributed by atoms with E-state index in [9.17, 15) is 23.4 Å². The first kappa shape index (κ1) is 34.6. The molecule has 0 radical (unpaired) electrons. The molecule has 1 amide bonds. The molecule has 0 saturated heterocycles. The number of benzene rings is 2. The van der Waals surface area contributed by atoms with E-state index in [1.165, 1.54) is 16.4 Å². The molecule has 0 aliphatic carbocycles. The van der Waals surface area contributed by atoms with Crippen LogP contribution >= 0.6 is 15.9 Å². The number of carbonyl (C=O) groups is 1. The fraction of sp³-hybridized carbons (Fsp3) is 0.419. The van der Waals surface area contributed by atoms with Crippen molar-refractivity contribution in [3.63, 3.8) is 0 Å². The van der Waals surface area contributed by atoms with Crippen LogP contribution in [0, 0.1) is 5.92 Å². The van der Waals surface area contributed by atoms with Gasteiger partial charge in [-0.3, -0.25) is 15.1 Å². The maximum Gasteiger partial charge on any atom is 0.243 e. The van der Waals surface area contributed by atoms with E-state index in [1.807, 2.05) is 38.1 Å². The molecule has 1 aromatic heterocycles. The number of aliphatic hydroxyl groups is 2. The van der Waals surface area contributed by atoms with Crippen molar-refractivity contribution in [2.24, 2.45) is 5.92 Å². The Morgan fingerprint density at radius 3 is 2.37 bits per heavy atom. The summed E-state index contributed by atoms with van der Waals surface area (Å²) in [5.41, 5.74) is 7.52. The number of hydrogen-bond acceptors (Lipinski definition) is 8. The minimum atomic E-state index is -3.85. The van der Waals surface area contributed by atoms with Crippen molar-refractivity contribution >= 4 is 37.5 Å².